The molecule has 0 saturated heterocycles. The number of aryl methyl sites for hydroxylation is 1. The third kappa shape index (κ3) is 2.43. The molecule has 106 valence electrons. The van der Waals surface area contributed by atoms with Gasteiger partial charge < -0.3 is 9.88 Å². The van der Waals surface area contributed by atoms with E-state index in [9.17, 15) is 4.79 Å². The molecule has 0 aromatic carbocycles. The van der Waals surface area contributed by atoms with Crippen molar-refractivity contribution < 1.29 is 4.79 Å². The number of hydrogen-bond donors (Lipinski definition) is 1. The summed E-state index contributed by atoms with van der Waals surface area (Å²) in [5.74, 6) is 2.16. The van der Waals surface area contributed by atoms with Crippen molar-refractivity contribution in [3.05, 3.63) is 23.5 Å². The molecular formula is C12H16N6OS. The maximum absolute atomic E-state index is 12.0. The number of fused-ring (bicyclic) bond motifs is 1. The van der Waals surface area contributed by atoms with Crippen LogP contribution >= 0.6 is 11.7 Å². The van der Waals surface area contributed by atoms with Crippen molar-refractivity contribution in [2.45, 2.75) is 45.2 Å². The van der Waals surface area contributed by atoms with Gasteiger partial charge in [-0.2, -0.15) is 8.75 Å². The summed E-state index contributed by atoms with van der Waals surface area (Å²) in [5, 5.41) is 11.5. The largest absolute Gasteiger partial charge is 0.346 e. The molecule has 1 N–H and O–H groups in total. The van der Waals surface area contributed by atoms with Gasteiger partial charge in [0, 0.05) is 24.9 Å². The van der Waals surface area contributed by atoms with Crippen molar-refractivity contribution in [1.82, 2.24) is 28.8 Å². The molecule has 2 aromatic rings. The van der Waals surface area contributed by atoms with Gasteiger partial charge in [0.25, 0.3) is 5.91 Å². The number of carbonyl (C=O) groups excluding carboxylic acids is 1. The van der Waals surface area contributed by atoms with E-state index in [0.717, 1.165) is 42.8 Å². The molecule has 1 aliphatic rings. The summed E-state index contributed by atoms with van der Waals surface area (Å²) in [7, 11) is 0. The van der Waals surface area contributed by atoms with Gasteiger partial charge in [-0.1, -0.05) is 13.8 Å². The van der Waals surface area contributed by atoms with E-state index in [2.05, 4.69) is 42.7 Å². The van der Waals surface area contributed by atoms with Crippen LogP contribution in [0.25, 0.3) is 0 Å². The first-order valence-electron chi connectivity index (χ1n) is 6.65. The summed E-state index contributed by atoms with van der Waals surface area (Å²) in [6, 6.07) is 0.0881. The second kappa shape index (κ2) is 5.28. The van der Waals surface area contributed by atoms with E-state index in [0.29, 0.717) is 11.6 Å². The summed E-state index contributed by atoms with van der Waals surface area (Å²) in [6.07, 6.45) is 3.20. The van der Waals surface area contributed by atoms with E-state index in [-0.39, 0.29) is 11.9 Å². The highest BCUT2D eigenvalue weighted by molar-refractivity contribution is 6.99. The van der Waals surface area contributed by atoms with E-state index in [1.54, 1.807) is 0 Å². The molecule has 0 spiro atoms. The average molecular weight is 292 g/mol. The van der Waals surface area contributed by atoms with Crippen LogP contribution in [-0.4, -0.2) is 35.5 Å². The number of carbonyl (C=O) groups is 1. The first kappa shape index (κ1) is 13.2. The van der Waals surface area contributed by atoms with Crippen LogP contribution in [-0.2, 0) is 13.0 Å². The van der Waals surface area contributed by atoms with Crippen molar-refractivity contribution in [3.8, 4) is 0 Å². The fourth-order valence-electron chi connectivity index (χ4n) is 2.42. The lowest BCUT2D eigenvalue weighted by molar-refractivity contribution is 0.0923. The van der Waals surface area contributed by atoms with E-state index in [1.807, 2.05) is 0 Å². The molecule has 0 saturated carbocycles. The summed E-state index contributed by atoms with van der Waals surface area (Å²) in [6.45, 7) is 4.92. The molecule has 3 rings (SSSR count). The van der Waals surface area contributed by atoms with Crippen LogP contribution in [0, 0.1) is 0 Å². The van der Waals surface area contributed by atoms with E-state index in [4.69, 9.17) is 0 Å². The van der Waals surface area contributed by atoms with E-state index in [1.165, 1.54) is 6.20 Å². The number of aromatic nitrogens is 5. The Balaban J connectivity index is 1.72. The Morgan fingerprint density at radius 1 is 1.50 bits per heavy atom. The van der Waals surface area contributed by atoms with Gasteiger partial charge in [-0.3, -0.25) is 4.79 Å². The zero-order valence-electron chi connectivity index (χ0n) is 11.4. The lowest BCUT2D eigenvalue weighted by Gasteiger charge is -2.25. The first-order valence-corrected chi connectivity index (χ1v) is 7.38. The molecule has 0 radical (unpaired) electrons. The van der Waals surface area contributed by atoms with Crippen molar-refractivity contribution in [3.63, 3.8) is 0 Å². The highest BCUT2D eigenvalue weighted by Crippen LogP contribution is 2.20. The predicted octanol–water partition coefficient (Wildman–Crippen LogP) is 0.998. The van der Waals surface area contributed by atoms with Crippen LogP contribution in [0.4, 0.5) is 0 Å². The predicted molar refractivity (Wildman–Crippen MR) is 73.6 cm³/mol. The maximum Gasteiger partial charge on any atom is 0.272 e. The van der Waals surface area contributed by atoms with Crippen LogP contribution < -0.4 is 5.32 Å². The van der Waals surface area contributed by atoms with Crippen LogP contribution in [0.2, 0.25) is 0 Å². The Hall–Kier alpha value is -1.83. The summed E-state index contributed by atoms with van der Waals surface area (Å²) in [5.41, 5.74) is 0.383. The van der Waals surface area contributed by atoms with Gasteiger partial charge in [-0.05, 0) is 6.42 Å². The average Bonchev–Trinajstić information content (AvgIpc) is 3.07. The fourth-order valence-corrected chi connectivity index (χ4v) is 2.83. The Labute approximate surface area is 120 Å². The van der Waals surface area contributed by atoms with Gasteiger partial charge in [-0.25, -0.2) is 0 Å². The highest BCUT2D eigenvalue weighted by Gasteiger charge is 2.25. The van der Waals surface area contributed by atoms with Gasteiger partial charge in [0.05, 0.1) is 17.9 Å². The maximum atomic E-state index is 12.0. The Morgan fingerprint density at radius 2 is 2.35 bits per heavy atom. The number of nitrogens with one attached hydrogen (secondary N) is 1. The van der Waals surface area contributed by atoms with Gasteiger partial charge >= 0.3 is 0 Å². The zero-order chi connectivity index (χ0) is 14.1. The summed E-state index contributed by atoms with van der Waals surface area (Å²) in [4.78, 5) is 12.0. The first-order chi connectivity index (χ1) is 9.65. The molecule has 1 atom stereocenters. The molecule has 1 aliphatic heterocycles. The second-order valence-corrected chi connectivity index (χ2v) is 5.80. The normalized spacial score (nSPS) is 18.1. The fraction of sp³-hybridized carbons (Fsp3) is 0.583. The molecular weight excluding hydrogens is 276 g/mol. The van der Waals surface area contributed by atoms with E-state index < -0.39 is 0 Å². The van der Waals surface area contributed by atoms with E-state index >= 15 is 0 Å². The highest BCUT2D eigenvalue weighted by atomic mass is 32.1. The SMILES string of the molecule is CC(C)c1nnc2n1C[C@@H](NC(=O)c1cnsn1)CC2. The van der Waals surface area contributed by atoms with Gasteiger partial charge in [-0.15, -0.1) is 10.2 Å². The Kier molecular flexibility index (Phi) is 3.47. The quantitative estimate of drug-likeness (QED) is 0.912. The minimum Gasteiger partial charge on any atom is -0.346 e. The molecule has 20 heavy (non-hydrogen) atoms. The smallest absolute Gasteiger partial charge is 0.272 e. The molecule has 0 fully saturated rings. The van der Waals surface area contributed by atoms with Crippen molar-refractivity contribution in [2.24, 2.45) is 0 Å². The molecule has 0 bridgehead atoms. The number of hydrogen-bond acceptors (Lipinski definition) is 6. The standard InChI is InChI=1S/C12H16N6OS/c1-7(2)11-16-15-10-4-3-8(6-18(10)11)14-12(19)9-5-13-20-17-9/h5,7-8H,3-4,6H2,1-2H3,(H,14,19)/t8-/m0/s1. The molecule has 3 heterocycles. The van der Waals surface area contributed by atoms with Gasteiger partial charge in [0.15, 0.2) is 5.69 Å². The molecule has 0 aliphatic carbocycles. The molecule has 2 aromatic heterocycles. The molecule has 1 amide bonds. The van der Waals surface area contributed by atoms with Crippen LogP contribution in [0.15, 0.2) is 6.20 Å². The van der Waals surface area contributed by atoms with Crippen molar-refractivity contribution in [2.75, 3.05) is 0 Å². The Bertz CT molecular complexity index is 606. The zero-order valence-corrected chi connectivity index (χ0v) is 12.2. The topological polar surface area (TPSA) is 85.6 Å². The number of amides is 1. The Morgan fingerprint density at radius 3 is 3.05 bits per heavy atom. The molecule has 8 heteroatoms. The van der Waals surface area contributed by atoms with Crippen LogP contribution in [0.3, 0.4) is 0 Å². The van der Waals surface area contributed by atoms with Crippen LogP contribution in [0.1, 0.15) is 48.3 Å². The second-order valence-electron chi connectivity index (χ2n) is 5.24. The number of rotatable bonds is 3. The lowest BCUT2D eigenvalue weighted by Crippen LogP contribution is -2.41. The summed E-state index contributed by atoms with van der Waals surface area (Å²) >= 11 is 1.04. The lowest BCUT2D eigenvalue weighted by atomic mass is 10.1. The monoisotopic (exact) mass is 292 g/mol. The minimum atomic E-state index is -0.161. The third-order valence-electron chi connectivity index (χ3n) is 3.42. The summed E-state index contributed by atoms with van der Waals surface area (Å²) < 4.78 is 9.92. The van der Waals surface area contributed by atoms with Crippen LogP contribution in [0.5, 0.6) is 0 Å². The number of nitrogens with zero attached hydrogens (tertiary/aromatic N) is 5. The van der Waals surface area contributed by atoms with Gasteiger partial charge in [0.2, 0.25) is 0 Å². The van der Waals surface area contributed by atoms with Gasteiger partial charge in [0.1, 0.15) is 11.6 Å². The van der Waals surface area contributed by atoms with Crippen molar-refractivity contribution in [1.29, 1.82) is 0 Å². The molecule has 0 unspecified atom stereocenters. The third-order valence-corrected chi connectivity index (χ3v) is 3.90. The minimum absolute atomic E-state index is 0.0881. The molecule has 7 nitrogen and oxygen atoms in total. The van der Waals surface area contributed by atoms with Crippen molar-refractivity contribution >= 4 is 17.6 Å².